The van der Waals surface area contributed by atoms with E-state index in [9.17, 15) is 0 Å². The topological polar surface area (TPSA) is 84.0 Å². The van der Waals surface area contributed by atoms with Gasteiger partial charge in [-0.15, -0.1) is 0 Å². The summed E-state index contributed by atoms with van der Waals surface area (Å²) in [5.41, 5.74) is 8.91. The number of hydrogen-bond acceptors (Lipinski definition) is 4. The summed E-state index contributed by atoms with van der Waals surface area (Å²) in [5.74, 6) is 6.64. The van der Waals surface area contributed by atoms with Gasteiger partial charge in [0.15, 0.2) is 5.82 Å². The van der Waals surface area contributed by atoms with Crippen LogP contribution in [0, 0.1) is 5.41 Å². The smallest absolute Gasteiger partial charge is 0.156 e. The molecule has 6 heteroatoms. The molecule has 5 N–H and O–H groups in total. The first-order valence-corrected chi connectivity index (χ1v) is 9.25. The highest BCUT2D eigenvalue weighted by atomic mass is 35.5. The van der Waals surface area contributed by atoms with Crippen LogP contribution in [0.25, 0.3) is 23.5 Å². The van der Waals surface area contributed by atoms with Crippen molar-refractivity contribution in [2.75, 3.05) is 7.05 Å². The van der Waals surface area contributed by atoms with Gasteiger partial charge in [-0.3, -0.25) is 0 Å². The van der Waals surface area contributed by atoms with E-state index in [0.29, 0.717) is 27.2 Å². The lowest BCUT2D eigenvalue weighted by Gasteiger charge is -2.22. The number of halogens is 1. The number of aromatic amines is 1. The van der Waals surface area contributed by atoms with Crippen LogP contribution >= 0.6 is 11.6 Å². The van der Waals surface area contributed by atoms with Gasteiger partial charge in [-0.2, -0.15) is 0 Å². The van der Waals surface area contributed by atoms with Gasteiger partial charge < -0.3 is 15.7 Å². The highest BCUT2D eigenvalue weighted by molar-refractivity contribution is 6.32. The summed E-state index contributed by atoms with van der Waals surface area (Å²) >= 11 is 6.27. The van der Waals surface area contributed by atoms with E-state index >= 15 is 0 Å². The van der Waals surface area contributed by atoms with Crippen molar-refractivity contribution in [3.8, 4) is 0 Å². The van der Waals surface area contributed by atoms with E-state index in [-0.39, 0.29) is 5.41 Å². The fraction of sp³-hybridized carbons (Fsp3) is 0.227. The Kier molecular flexibility index (Phi) is 6.54. The number of nitrogens with two attached hydrogens (primary N) is 2. The maximum atomic E-state index is 6.27. The maximum absolute atomic E-state index is 6.27. The molecule has 1 aromatic carbocycles. The molecule has 0 saturated carbocycles. The zero-order valence-electron chi connectivity index (χ0n) is 16.9. The van der Waals surface area contributed by atoms with Crippen molar-refractivity contribution in [2.45, 2.75) is 20.8 Å². The lowest BCUT2D eigenvalue weighted by atomic mass is 9.87. The number of allylic oxidation sites excluding steroid dienone is 3. The molecular formula is C22H28ClN5. The standard InChI is InChI=1S/C22H28ClN5/c1-14(16-9-7-8-10-17(16)23)11-18-19(13-24)27-21(26-18)20(28(6)25)12-15(2)22(3,4)5/h7-13H,1-2,24-25H2,3-6H3,(H,26,27)/b18-11+,19-13+,20-12-. The third kappa shape index (κ3) is 4.94. The molecule has 0 fully saturated rings. The molecule has 0 saturated heterocycles. The van der Waals surface area contributed by atoms with Crippen LogP contribution in [0.2, 0.25) is 5.02 Å². The van der Waals surface area contributed by atoms with Crippen molar-refractivity contribution < 1.29 is 0 Å². The molecule has 1 aromatic heterocycles. The van der Waals surface area contributed by atoms with Crippen LogP contribution in [0.4, 0.5) is 0 Å². The van der Waals surface area contributed by atoms with Crippen LogP contribution in [-0.4, -0.2) is 22.0 Å². The van der Waals surface area contributed by atoms with Crippen molar-refractivity contribution in [1.29, 1.82) is 0 Å². The summed E-state index contributed by atoms with van der Waals surface area (Å²) in [6, 6.07) is 7.52. The fourth-order valence-corrected chi connectivity index (χ4v) is 2.70. The van der Waals surface area contributed by atoms with Crippen molar-refractivity contribution in [3.63, 3.8) is 0 Å². The third-order valence-electron chi connectivity index (χ3n) is 4.36. The van der Waals surface area contributed by atoms with Gasteiger partial charge >= 0.3 is 0 Å². The van der Waals surface area contributed by atoms with Crippen LogP contribution in [0.1, 0.15) is 32.2 Å². The largest absolute Gasteiger partial charge is 0.403 e. The van der Waals surface area contributed by atoms with Gasteiger partial charge in [-0.1, -0.05) is 63.7 Å². The van der Waals surface area contributed by atoms with E-state index in [0.717, 1.165) is 16.7 Å². The van der Waals surface area contributed by atoms with E-state index in [1.54, 1.807) is 7.05 Å². The van der Waals surface area contributed by atoms with Gasteiger partial charge in [-0.25, -0.2) is 10.8 Å². The molecule has 1 heterocycles. The molecule has 0 aliphatic heterocycles. The van der Waals surface area contributed by atoms with Crippen molar-refractivity contribution in [3.05, 3.63) is 76.2 Å². The SMILES string of the molecule is C=C(/C=c1/nc(/C(=C/C(=C)C(C)(C)C)N(C)N)[nH]/c1=C/N)c1ccccc1Cl. The molecule has 0 aliphatic rings. The summed E-state index contributed by atoms with van der Waals surface area (Å²) in [7, 11) is 1.75. The second-order valence-corrected chi connectivity index (χ2v) is 8.02. The van der Waals surface area contributed by atoms with Gasteiger partial charge in [0.1, 0.15) is 0 Å². The quantitative estimate of drug-likeness (QED) is 0.411. The molecule has 0 radical (unpaired) electrons. The number of hydrazine groups is 1. The molecule has 0 atom stereocenters. The minimum Gasteiger partial charge on any atom is -0.403 e. The van der Waals surface area contributed by atoms with Gasteiger partial charge in [0.25, 0.3) is 0 Å². The lowest BCUT2D eigenvalue weighted by Crippen LogP contribution is -2.26. The number of benzene rings is 1. The second-order valence-electron chi connectivity index (χ2n) is 7.62. The van der Waals surface area contributed by atoms with Gasteiger partial charge in [-0.05, 0) is 40.3 Å². The maximum Gasteiger partial charge on any atom is 0.156 e. The van der Waals surface area contributed by atoms with Gasteiger partial charge in [0.05, 0.1) is 16.4 Å². The molecule has 148 valence electrons. The van der Waals surface area contributed by atoms with Crippen molar-refractivity contribution >= 4 is 35.1 Å². The molecule has 2 rings (SSSR count). The number of H-pyrrole nitrogens is 1. The Balaban J connectivity index is 2.57. The summed E-state index contributed by atoms with van der Waals surface area (Å²) in [4.78, 5) is 7.89. The minimum atomic E-state index is -0.0933. The van der Waals surface area contributed by atoms with E-state index in [1.807, 2.05) is 36.4 Å². The summed E-state index contributed by atoms with van der Waals surface area (Å²) in [6.07, 6.45) is 5.23. The predicted molar refractivity (Wildman–Crippen MR) is 120 cm³/mol. The van der Waals surface area contributed by atoms with Gasteiger partial charge in [0.2, 0.25) is 0 Å². The highest BCUT2D eigenvalue weighted by Crippen LogP contribution is 2.27. The number of nitrogens with zero attached hydrogens (tertiary/aromatic N) is 2. The molecule has 0 amide bonds. The average Bonchev–Trinajstić information content (AvgIpc) is 3.00. The first-order chi connectivity index (χ1) is 13.0. The van der Waals surface area contributed by atoms with Crippen LogP contribution in [-0.2, 0) is 0 Å². The Morgan fingerprint density at radius 2 is 1.89 bits per heavy atom. The zero-order valence-corrected chi connectivity index (χ0v) is 17.6. The lowest BCUT2D eigenvalue weighted by molar-refractivity contribution is 0.495. The first-order valence-electron chi connectivity index (χ1n) is 8.88. The van der Waals surface area contributed by atoms with Crippen LogP contribution in [0.15, 0.2) is 49.1 Å². The van der Waals surface area contributed by atoms with Gasteiger partial charge in [0, 0.05) is 18.3 Å². The van der Waals surface area contributed by atoms with E-state index in [1.165, 1.54) is 11.2 Å². The average molecular weight is 398 g/mol. The molecule has 0 bridgehead atoms. The molecule has 5 nitrogen and oxygen atoms in total. The number of aromatic nitrogens is 2. The number of rotatable bonds is 5. The summed E-state index contributed by atoms with van der Waals surface area (Å²) in [6.45, 7) is 14.5. The van der Waals surface area contributed by atoms with E-state index in [4.69, 9.17) is 23.2 Å². The van der Waals surface area contributed by atoms with Crippen LogP contribution in [0.5, 0.6) is 0 Å². The Morgan fingerprint density at radius 1 is 1.25 bits per heavy atom. The third-order valence-corrected chi connectivity index (χ3v) is 4.69. The minimum absolute atomic E-state index is 0.0933. The normalized spacial score (nSPS) is 13.7. The highest BCUT2D eigenvalue weighted by Gasteiger charge is 2.17. The molecule has 28 heavy (non-hydrogen) atoms. The second kappa shape index (κ2) is 8.50. The van der Waals surface area contributed by atoms with Crippen molar-refractivity contribution in [2.24, 2.45) is 17.0 Å². The molecule has 0 unspecified atom stereocenters. The van der Waals surface area contributed by atoms with E-state index in [2.05, 4.69) is 43.9 Å². The molecule has 0 spiro atoms. The molecule has 2 aromatic rings. The van der Waals surface area contributed by atoms with E-state index < -0.39 is 0 Å². The van der Waals surface area contributed by atoms with Crippen LogP contribution in [0.3, 0.4) is 0 Å². The first kappa shape index (κ1) is 21.5. The number of hydrogen-bond donors (Lipinski definition) is 3. The Labute approximate surface area is 171 Å². The Hall–Kier alpha value is -2.76. The number of nitrogens with one attached hydrogen (secondary N) is 1. The Bertz CT molecular complexity index is 1040. The monoisotopic (exact) mass is 397 g/mol. The molecule has 0 aliphatic carbocycles. The Morgan fingerprint density at radius 3 is 2.43 bits per heavy atom. The summed E-state index contributed by atoms with van der Waals surface area (Å²) in [5, 5.41) is 3.44. The fourth-order valence-electron chi connectivity index (χ4n) is 2.44. The molecular weight excluding hydrogens is 370 g/mol. The zero-order chi connectivity index (χ0) is 21.1. The summed E-state index contributed by atoms with van der Waals surface area (Å²) < 4.78 is 0. The predicted octanol–water partition coefficient (Wildman–Crippen LogP) is 3.00. The van der Waals surface area contributed by atoms with Crippen LogP contribution < -0.4 is 22.3 Å². The number of imidazole rings is 1. The van der Waals surface area contributed by atoms with Crippen molar-refractivity contribution in [1.82, 2.24) is 15.0 Å².